The number of nitrogens with zero attached hydrogens (tertiary/aromatic N) is 1. The minimum Gasteiger partial charge on any atom is -0.268 e. The molecular weight excluding hydrogens is 152 g/mol. The van der Waals surface area contributed by atoms with E-state index < -0.39 is 10.0 Å². The predicted molar refractivity (Wildman–Crippen MR) is 39.2 cm³/mol. The molecule has 4 nitrogen and oxygen atoms in total. The van der Waals surface area contributed by atoms with Gasteiger partial charge in [-0.3, -0.25) is 9.71 Å². The molecule has 0 unspecified atom stereocenters. The molecule has 1 N–H and O–H groups in total. The van der Waals surface area contributed by atoms with Gasteiger partial charge in [-0.15, -0.1) is 0 Å². The Kier molecular flexibility index (Phi) is 1.76. The molecule has 0 spiro atoms. The number of nitrogens with one attached hydrogen (secondary N) is 1. The second-order valence-electron chi connectivity index (χ2n) is 1.81. The maximum Gasteiger partial charge on any atom is 0.256 e. The van der Waals surface area contributed by atoms with Crippen LogP contribution in [0.15, 0.2) is 16.5 Å². The normalized spacial score (nSPS) is 25.1. The molecule has 0 aliphatic carbocycles. The van der Waals surface area contributed by atoms with Gasteiger partial charge in [-0.1, -0.05) is 0 Å². The Morgan fingerprint density at radius 3 is 2.80 bits per heavy atom. The molecule has 0 bridgehead atoms. The average Bonchev–Trinajstić information content (AvgIpc) is 2.12. The van der Waals surface area contributed by atoms with Crippen LogP contribution in [-0.4, -0.2) is 20.8 Å². The fourth-order valence-corrected chi connectivity index (χ4v) is 1.42. The van der Waals surface area contributed by atoms with Gasteiger partial charge in [0.15, 0.2) is 0 Å². The lowest BCUT2D eigenvalue weighted by Crippen LogP contribution is -2.21. The summed E-state index contributed by atoms with van der Waals surface area (Å²) in [5.74, 6) is 0.419. The van der Waals surface area contributed by atoms with Crippen LogP contribution in [0.25, 0.3) is 0 Å². The molecule has 10 heavy (non-hydrogen) atoms. The van der Waals surface area contributed by atoms with E-state index in [0.29, 0.717) is 12.4 Å². The summed E-state index contributed by atoms with van der Waals surface area (Å²) in [6.45, 7) is 2.43. The molecule has 56 valence electrons. The Balaban J connectivity index is 2.81. The summed E-state index contributed by atoms with van der Waals surface area (Å²) in [5, 5.41) is 1.10. The topological polar surface area (TPSA) is 58.5 Å². The third-order valence-electron chi connectivity index (χ3n) is 0.980. The summed E-state index contributed by atoms with van der Waals surface area (Å²) >= 11 is 0. The smallest absolute Gasteiger partial charge is 0.256 e. The molecule has 0 amide bonds. The van der Waals surface area contributed by atoms with Gasteiger partial charge in [0, 0.05) is 6.54 Å². The van der Waals surface area contributed by atoms with Gasteiger partial charge in [0.05, 0.1) is 5.41 Å². The first-order valence-corrected chi connectivity index (χ1v) is 4.44. The van der Waals surface area contributed by atoms with Crippen molar-refractivity contribution in [3.05, 3.63) is 11.5 Å². The van der Waals surface area contributed by atoms with E-state index >= 15 is 0 Å². The Morgan fingerprint density at radius 2 is 2.40 bits per heavy atom. The standard InChI is InChI=1S/C5H8N2O2S/c1-2-6-5-3-4-10(8,9)7-5/h3-4H,2H2,1H3,(H,6,7). The van der Waals surface area contributed by atoms with E-state index in [9.17, 15) is 8.42 Å². The summed E-state index contributed by atoms with van der Waals surface area (Å²) in [6.07, 6.45) is 1.44. The van der Waals surface area contributed by atoms with Crippen LogP contribution in [0.1, 0.15) is 6.92 Å². The monoisotopic (exact) mass is 160 g/mol. The van der Waals surface area contributed by atoms with Gasteiger partial charge in [0.2, 0.25) is 0 Å². The van der Waals surface area contributed by atoms with Crippen LogP contribution in [0.5, 0.6) is 0 Å². The first-order chi connectivity index (χ1) is 4.64. The average molecular weight is 160 g/mol. The largest absolute Gasteiger partial charge is 0.268 e. The van der Waals surface area contributed by atoms with Crippen molar-refractivity contribution in [3.63, 3.8) is 0 Å². The Hall–Kier alpha value is -0.840. The number of sulfonamides is 1. The highest BCUT2D eigenvalue weighted by atomic mass is 32.2. The van der Waals surface area contributed by atoms with Crippen LogP contribution in [0.3, 0.4) is 0 Å². The molecule has 5 heteroatoms. The number of hydrogen-bond acceptors (Lipinski definition) is 3. The second kappa shape index (κ2) is 2.42. The fraction of sp³-hybridized carbons (Fsp3) is 0.400. The van der Waals surface area contributed by atoms with Crippen molar-refractivity contribution in [2.75, 3.05) is 6.54 Å². The van der Waals surface area contributed by atoms with Gasteiger partial charge in [-0.05, 0) is 13.0 Å². The molecule has 1 aliphatic heterocycles. The van der Waals surface area contributed by atoms with Crippen LogP contribution in [0, 0.1) is 0 Å². The van der Waals surface area contributed by atoms with E-state index in [-0.39, 0.29) is 0 Å². The maximum atomic E-state index is 10.6. The van der Waals surface area contributed by atoms with E-state index in [0.717, 1.165) is 5.41 Å². The summed E-state index contributed by atoms with van der Waals surface area (Å²) < 4.78 is 23.5. The van der Waals surface area contributed by atoms with Crippen molar-refractivity contribution in [1.29, 1.82) is 0 Å². The highest BCUT2D eigenvalue weighted by molar-refractivity contribution is 7.93. The highest BCUT2D eigenvalue weighted by Crippen LogP contribution is 1.97. The molecular formula is C5H8N2O2S. The van der Waals surface area contributed by atoms with Gasteiger partial charge < -0.3 is 0 Å². The lowest BCUT2D eigenvalue weighted by atomic mass is 10.6. The van der Waals surface area contributed by atoms with Gasteiger partial charge in [-0.2, -0.15) is 0 Å². The van der Waals surface area contributed by atoms with Crippen molar-refractivity contribution in [3.8, 4) is 0 Å². The zero-order chi connectivity index (χ0) is 7.61. The first-order valence-electron chi connectivity index (χ1n) is 2.89. The van der Waals surface area contributed by atoms with Crippen molar-refractivity contribution in [2.24, 2.45) is 4.99 Å². The third-order valence-corrected chi connectivity index (χ3v) is 1.97. The Morgan fingerprint density at radius 1 is 1.70 bits per heavy atom. The fourth-order valence-electron chi connectivity index (χ4n) is 0.623. The quantitative estimate of drug-likeness (QED) is 0.580. The number of hydrogen-bond donors (Lipinski definition) is 1. The Labute approximate surface area is 59.7 Å². The van der Waals surface area contributed by atoms with Crippen molar-refractivity contribution in [1.82, 2.24) is 4.72 Å². The summed E-state index contributed by atoms with van der Waals surface area (Å²) in [6, 6.07) is 0. The number of amidine groups is 1. The molecule has 0 aromatic rings. The van der Waals surface area contributed by atoms with Crippen LogP contribution in [-0.2, 0) is 10.0 Å². The molecule has 0 aromatic carbocycles. The summed E-state index contributed by atoms with van der Waals surface area (Å²) in [4.78, 5) is 3.86. The van der Waals surface area contributed by atoms with Gasteiger partial charge in [0.1, 0.15) is 5.84 Å². The van der Waals surface area contributed by atoms with Crippen LogP contribution >= 0.6 is 0 Å². The minimum atomic E-state index is -3.18. The van der Waals surface area contributed by atoms with Gasteiger partial charge in [-0.25, -0.2) is 8.42 Å². The summed E-state index contributed by atoms with van der Waals surface area (Å²) in [5.41, 5.74) is 0. The molecule has 1 rings (SSSR count). The molecule has 0 radical (unpaired) electrons. The predicted octanol–water partition coefficient (Wildman–Crippen LogP) is -0.149. The molecule has 1 aliphatic rings. The van der Waals surface area contributed by atoms with E-state index in [1.807, 2.05) is 6.92 Å². The number of rotatable bonds is 1. The lowest BCUT2D eigenvalue weighted by Gasteiger charge is -1.93. The van der Waals surface area contributed by atoms with Crippen LogP contribution < -0.4 is 4.72 Å². The van der Waals surface area contributed by atoms with E-state index in [1.54, 1.807) is 0 Å². The highest BCUT2D eigenvalue weighted by Gasteiger charge is 2.13. The zero-order valence-electron chi connectivity index (χ0n) is 5.53. The van der Waals surface area contributed by atoms with Crippen molar-refractivity contribution < 1.29 is 8.42 Å². The van der Waals surface area contributed by atoms with E-state index in [1.165, 1.54) is 6.08 Å². The zero-order valence-corrected chi connectivity index (χ0v) is 6.35. The second-order valence-corrected chi connectivity index (χ2v) is 3.38. The van der Waals surface area contributed by atoms with Crippen LogP contribution in [0.2, 0.25) is 0 Å². The van der Waals surface area contributed by atoms with Gasteiger partial charge >= 0.3 is 0 Å². The van der Waals surface area contributed by atoms with Gasteiger partial charge in [0.25, 0.3) is 10.0 Å². The SMILES string of the molecule is CCN=C1C=CS(=O)(=O)N1. The Bertz CT molecular complexity index is 276. The molecule has 1 heterocycles. The lowest BCUT2D eigenvalue weighted by molar-refractivity contribution is 0.602. The third kappa shape index (κ3) is 1.57. The molecule has 0 atom stereocenters. The maximum absolute atomic E-state index is 10.6. The minimum absolute atomic E-state index is 0.419. The molecule has 0 fully saturated rings. The number of aliphatic imine (C=N–C) groups is 1. The van der Waals surface area contributed by atoms with Crippen LogP contribution in [0.4, 0.5) is 0 Å². The van der Waals surface area contributed by atoms with Crippen molar-refractivity contribution in [2.45, 2.75) is 6.92 Å². The summed E-state index contributed by atoms with van der Waals surface area (Å²) in [7, 11) is -3.18. The molecule has 0 saturated carbocycles. The molecule has 0 saturated heterocycles. The first kappa shape index (κ1) is 7.27. The van der Waals surface area contributed by atoms with E-state index in [4.69, 9.17) is 0 Å². The van der Waals surface area contributed by atoms with Crippen molar-refractivity contribution >= 4 is 15.9 Å². The van der Waals surface area contributed by atoms with E-state index in [2.05, 4.69) is 9.71 Å². The molecule has 0 aromatic heterocycles.